The highest BCUT2D eigenvalue weighted by Crippen LogP contribution is 2.30. The summed E-state index contributed by atoms with van der Waals surface area (Å²) < 4.78 is 0. The van der Waals surface area contributed by atoms with Crippen molar-refractivity contribution in [1.82, 2.24) is 0 Å². The lowest BCUT2D eigenvalue weighted by Crippen LogP contribution is -1.90. The van der Waals surface area contributed by atoms with E-state index in [1.807, 2.05) is 0 Å². The van der Waals surface area contributed by atoms with Crippen molar-refractivity contribution < 1.29 is 0 Å². The van der Waals surface area contributed by atoms with Gasteiger partial charge < -0.3 is 5.73 Å². The first-order chi connectivity index (χ1) is 6.29. The molecule has 0 aromatic carbocycles. The molecule has 0 radical (unpaired) electrons. The Hall–Kier alpha value is -0.640. The lowest BCUT2D eigenvalue weighted by atomic mass is 10.2. The zero-order chi connectivity index (χ0) is 9.26. The van der Waals surface area contributed by atoms with Crippen molar-refractivity contribution in [2.24, 2.45) is 5.73 Å². The van der Waals surface area contributed by atoms with Crippen LogP contribution >= 0.6 is 22.7 Å². The number of hydrogen-bond donors (Lipinski definition) is 1. The van der Waals surface area contributed by atoms with Crippen molar-refractivity contribution >= 4 is 22.7 Å². The molecular formula is C10H11NS2. The Morgan fingerprint density at radius 1 is 1.38 bits per heavy atom. The van der Waals surface area contributed by atoms with Crippen molar-refractivity contribution in [2.75, 3.05) is 0 Å². The van der Waals surface area contributed by atoms with Crippen LogP contribution in [0.2, 0.25) is 0 Å². The summed E-state index contributed by atoms with van der Waals surface area (Å²) in [6.45, 7) is 2.78. The first-order valence-corrected chi connectivity index (χ1v) is 5.83. The summed E-state index contributed by atoms with van der Waals surface area (Å²) in [6.07, 6.45) is 0. The first-order valence-electron chi connectivity index (χ1n) is 4.14. The molecular weight excluding hydrogens is 198 g/mol. The molecule has 0 saturated carbocycles. The smallest absolute Gasteiger partial charge is 0.0354 e. The van der Waals surface area contributed by atoms with Gasteiger partial charge in [-0.3, -0.25) is 0 Å². The minimum absolute atomic E-state index is 0.647. The number of rotatable bonds is 2. The van der Waals surface area contributed by atoms with Gasteiger partial charge in [0.25, 0.3) is 0 Å². The molecule has 2 heterocycles. The molecule has 0 bridgehead atoms. The van der Waals surface area contributed by atoms with Crippen molar-refractivity contribution in [3.05, 3.63) is 33.3 Å². The first kappa shape index (κ1) is 8.94. The fraction of sp³-hybridized carbons (Fsp3) is 0.200. The second-order valence-corrected chi connectivity index (χ2v) is 5.20. The van der Waals surface area contributed by atoms with Crippen molar-refractivity contribution in [3.8, 4) is 10.4 Å². The van der Waals surface area contributed by atoms with Gasteiger partial charge in [-0.2, -0.15) is 0 Å². The van der Waals surface area contributed by atoms with E-state index in [0.29, 0.717) is 6.54 Å². The Kier molecular flexibility index (Phi) is 2.49. The van der Waals surface area contributed by atoms with Crippen LogP contribution in [0.3, 0.4) is 0 Å². The molecule has 2 aromatic rings. The Balaban J connectivity index is 2.35. The van der Waals surface area contributed by atoms with Gasteiger partial charge in [-0.05, 0) is 30.5 Å². The van der Waals surface area contributed by atoms with E-state index >= 15 is 0 Å². The SMILES string of the molecule is Cc1cc(-c2ccc(CN)s2)cs1. The number of thiophene rings is 2. The Labute approximate surface area is 85.8 Å². The second kappa shape index (κ2) is 3.62. The van der Waals surface area contributed by atoms with E-state index in [0.717, 1.165) is 0 Å². The van der Waals surface area contributed by atoms with Crippen LogP contribution in [0.1, 0.15) is 9.75 Å². The highest BCUT2D eigenvalue weighted by atomic mass is 32.1. The highest BCUT2D eigenvalue weighted by molar-refractivity contribution is 7.16. The van der Waals surface area contributed by atoms with Crippen LogP contribution in [-0.4, -0.2) is 0 Å². The average molecular weight is 209 g/mol. The summed E-state index contributed by atoms with van der Waals surface area (Å²) in [4.78, 5) is 3.93. The molecule has 0 aliphatic carbocycles. The molecule has 1 nitrogen and oxygen atoms in total. The van der Waals surface area contributed by atoms with E-state index < -0.39 is 0 Å². The fourth-order valence-electron chi connectivity index (χ4n) is 1.22. The van der Waals surface area contributed by atoms with Gasteiger partial charge in [0.05, 0.1) is 0 Å². The Morgan fingerprint density at radius 3 is 2.77 bits per heavy atom. The minimum Gasteiger partial charge on any atom is -0.326 e. The predicted octanol–water partition coefficient (Wildman–Crippen LogP) is 3.24. The molecule has 0 aliphatic rings. The predicted molar refractivity (Wildman–Crippen MR) is 60.3 cm³/mol. The topological polar surface area (TPSA) is 26.0 Å². The van der Waals surface area contributed by atoms with Crippen LogP contribution in [0.15, 0.2) is 23.6 Å². The maximum Gasteiger partial charge on any atom is 0.0354 e. The maximum absolute atomic E-state index is 5.56. The molecule has 2 rings (SSSR count). The average Bonchev–Trinajstić information content (AvgIpc) is 2.71. The van der Waals surface area contributed by atoms with Crippen LogP contribution < -0.4 is 5.73 Å². The van der Waals surface area contributed by atoms with Gasteiger partial charge >= 0.3 is 0 Å². The minimum atomic E-state index is 0.647. The van der Waals surface area contributed by atoms with E-state index in [1.54, 1.807) is 22.7 Å². The maximum atomic E-state index is 5.56. The van der Waals surface area contributed by atoms with Gasteiger partial charge in [-0.15, -0.1) is 22.7 Å². The van der Waals surface area contributed by atoms with Crippen LogP contribution in [0.4, 0.5) is 0 Å². The van der Waals surface area contributed by atoms with Crippen molar-refractivity contribution in [1.29, 1.82) is 0 Å². The molecule has 13 heavy (non-hydrogen) atoms. The summed E-state index contributed by atoms with van der Waals surface area (Å²) in [5.74, 6) is 0. The van der Waals surface area contributed by atoms with Gasteiger partial charge in [0, 0.05) is 26.7 Å². The number of hydrogen-bond acceptors (Lipinski definition) is 3. The molecule has 0 aliphatic heterocycles. The van der Waals surface area contributed by atoms with E-state index in [-0.39, 0.29) is 0 Å². The van der Waals surface area contributed by atoms with Crippen LogP contribution in [0, 0.1) is 6.92 Å². The molecule has 0 fully saturated rings. The van der Waals surface area contributed by atoms with Gasteiger partial charge in [-0.1, -0.05) is 0 Å². The van der Waals surface area contributed by atoms with E-state index in [9.17, 15) is 0 Å². The zero-order valence-corrected chi connectivity index (χ0v) is 9.04. The lowest BCUT2D eigenvalue weighted by molar-refractivity contribution is 1.11. The Morgan fingerprint density at radius 2 is 2.23 bits per heavy atom. The van der Waals surface area contributed by atoms with E-state index in [4.69, 9.17) is 5.73 Å². The standard InChI is InChI=1S/C10H11NS2/c1-7-4-8(6-12-7)10-3-2-9(5-11)13-10/h2-4,6H,5,11H2,1H3. The summed E-state index contributed by atoms with van der Waals surface area (Å²) in [5, 5.41) is 2.20. The summed E-state index contributed by atoms with van der Waals surface area (Å²) in [6, 6.07) is 6.47. The molecule has 2 N–H and O–H groups in total. The number of nitrogens with two attached hydrogens (primary N) is 1. The molecule has 0 unspecified atom stereocenters. The largest absolute Gasteiger partial charge is 0.326 e. The van der Waals surface area contributed by atoms with Crippen LogP contribution in [0.5, 0.6) is 0 Å². The Bertz CT molecular complexity index is 400. The van der Waals surface area contributed by atoms with Crippen LogP contribution in [0.25, 0.3) is 10.4 Å². The molecule has 0 atom stereocenters. The molecule has 3 heteroatoms. The molecule has 68 valence electrons. The van der Waals surface area contributed by atoms with E-state index in [1.165, 1.54) is 20.2 Å². The summed E-state index contributed by atoms with van der Waals surface area (Å²) >= 11 is 3.57. The van der Waals surface area contributed by atoms with Gasteiger partial charge in [-0.25, -0.2) is 0 Å². The summed E-state index contributed by atoms with van der Waals surface area (Å²) in [5.41, 5.74) is 6.89. The van der Waals surface area contributed by atoms with Gasteiger partial charge in [0.2, 0.25) is 0 Å². The quantitative estimate of drug-likeness (QED) is 0.807. The summed E-state index contributed by atoms with van der Waals surface area (Å²) in [7, 11) is 0. The molecule has 0 spiro atoms. The lowest BCUT2D eigenvalue weighted by Gasteiger charge is -1.88. The third-order valence-corrected chi connectivity index (χ3v) is 3.90. The molecule has 2 aromatic heterocycles. The molecule has 0 amide bonds. The van der Waals surface area contributed by atoms with Gasteiger partial charge in [0.15, 0.2) is 0 Å². The highest BCUT2D eigenvalue weighted by Gasteiger charge is 2.02. The van der Waals surface area contributed by atoms with Crippen LogP contribution in [-0.2, 0) is 6.54 Å². The van der Waals surface area contributed by atoms with Crippen molar-refractivity contribution in [2.45, 2.75) is 13.5 Å². The third kappa shape index (κ3) is 1.82. The molecule has 0 saturated heterocycles. The van der Waals surface area contributed by atoms with Crippen molar-refractivity contribution in [3.63, 3.8) is 0 Å². The fourth-order valence-corrected chi connectivity index (χ4v) is 2.87. The number of aryl methyl sites for hydroxylation is 1. The second-order valence-electron chi connectivity index (χ2n) is 2.92. The normalized spacial score (nSPS) is 10.6. The van der Waals surface area contributed by atoms with E-state index in [2.05, 4.69) is 30.5 Å². The van der Waals surface area contributed by atoms with Gasteiger partial charge in [0.1, 0.15) is 0 Å². The third-order valence-electron chi connectivity index (χ3n) is 1.88. The monoisotopic (exact) mass is 209 g/mol. The zero-order valence-electron chi connectivity index (χ0n) is 7.41.